The van der Waals surface area contributed by atoms with Crippen molar-refractivity contribution in [2.45, 2.75) is 20.3 Å². The van der Waals surface area contributed by atoms with Gasteiger partial charge in [0.15, 0.2) is 5.65 Å². The van der Waals surface area contributed by atoms with E-state index < -0.39 is 0 Å². The van der Waals surface area contributed by atoms with Crippen LogP contribution in [0.1, 0.15) is 18.9 Å². The van der Waals surface area contributed by atoms with Crippen LogP contribution in [-0.2, 0) is 0 Å². The summed E-state index contributed by atoms with van der Waals surface area (Å²) >= 11 is 0. The number of nitrogens with zero attached hydrogens (tertiary/aromatic N) is 3. The van der Waals surface area contributed by atoms with E-state index in [1.54, 1.807) is 6.20 Å². The second-order valence-corrected chi connectivity index (χ2v) is 6.12. The van der Waals surface area contributed by atoms with E-state index in [0.717, 1.165) is 47.0 Å². The van der Waals surface area contributed by atoms with Gasteiger partial charge in [-0.15, -0.1) is 0 Å². The highest BCUT2D eigenvalue weighted by Gasteiger charge is 2.08. The van der Waals surface area contributed by atoms with Gasteiger partial charge in [0.05, 0.1) is 17.4 Å². The van der Waals surface area contributed by atoms with E-state index in [4.69, 9.17) is 4.99 Å². The van der Waals surface area contributed by atoms with Gasteiger partial charge in [-0.25, -0.2) is 9.97 Å². The molecule has 5 nitrogen and oxygen atoms in total. The lowest BCUT2D eigenvalue weighted by Crippen LogP contribution is -2.21. The van der Waals surface area contributed by atoms with Crippen LogP contribution in [0.3, 0.4) is 0 Å². The number of benzene rings is 1. The topological polar surface area (TPSA) is 66.0 Å². The molecule has 0 saturated heterocycles. The maximum atomic E-state index is 4.70. The van der Waals surface area contributed by atoms with Crippen LogP contribution in [0.5, 0.6) is 0 Å². The first-order valence-corrected chi connectivity index (χ1v) is 8.10. The quantitative estimate of drug-likeness (QED) is 0.753. The number of imidazole rings is 1. The molecule has 0 unspecified atom stereocenters. The maximum absolute atomic E-state index is 4.70. The third kappa shape index (κ3) is 2.93. The molecule has 3 aromatic rings. The molecule has 0 aliphatic carbocycles. The molecule has 4 rings (SSSR count). The van der Waals surface area contributed by atoms with Gasteiger partial charge in [0, 0.05) is 29.9 Å². The average Bonchev–Trinajstić information content (AvgIpc) is 2.99. The number of aromatic amines is 1. The Morgan fingerprint density at radius 2 is 1.96 bits per heavy atom. The van der Waals surface area contributed by atoms with Crippen molar-refractivity contribution in [1.29, 1.82) is 0 Å². The molecule has 5 heteroatoms. The zero-order chi connectivity index (χ0) is 16.5. The summed E-state index contributed by atoms with van der Waals surface area (Å²) in [7, 11) is 0. The molecule has 3 heterocycles. The van der Waals surface area contributed by atoms with Crippen molar-refractivity contribution in [3.8, 4) is 11.4 Å². The predicted octanol–water partition coefficient (Wildman–Crippen LogP) is 3.90. The van der Waals surface area contributed by atoms with Crippen LogP contribution >= 0.6 is 0 Å². The van der Waals surface area contributed by atoms with Gasteiger partial charge < -0.3 is 10.3 Å². The molecular weight excluding hydrogens is 298 g/mol. The number of H-pyrrole nitrogens is 1. The van der Waals surface area contributed by atoms with Gasteiger partial charge in [0.25, 0.3) is 0 Å². The fourth-order valence-electron chi connectivity index (χ4n) is 2.81. The zero-order valence-corrected chi connectivity index (χ0v) is 13.8. The Labute approximate surface area is 140 Å². The number of fused-ring (bicyclic) bond motifs is 1. The highest BCUT2D eigenvalue weighted by molar-refractivity contribution is 5.98. The van der Waals surface area contributed by atoms with Gasteiger partial charge >= 0.3 is 0 Å². The molecule has 0 amide bonds. The van der Waals surface area contributed by atoms with Crippen LogP contribution in [0, 0.1) is 6.92 Å². The Bertz CT molecular complexity index is 948. The zero-order valence-electron chi connectivity index (χ0n) is 13.8. The number of rotatable bonds is 2. The van der Waals surface area contributed by atoms with Crippen molar-refractivity contribution < 1.29 is 0 Å². The lowest BCUT2D eigenvalue weighted by atomic mass is 10.1. The second kappa shape index (κ2) is 5.92. The standard InChI is InChI=1S/C19H19N5/c1-12-3-5-14(6-4-12)18-23-17-10-16(11-21-19(17)24-18)22-15-7-8-20-13(2)9-15/h3-6,9-11,20H,7-8H2,1-2H3,(H,21,23,24). The Morgan fingerprint density at radius 1 is 1.12 bits per heavy atom. The van der Waals surface area contributed by atoms with E-state index in [2.05, 4.69) is 64.5 Å². The van der Waals surface area contributed by atoms with E-state index in [0.29, 0.717) is 5.65 Å². The van der Waals surface area contributed by atoms with Crippen LogP contribution in [0.4, 0.5) is 5.69 Å². The van der Waals surface area contributed by atoms with Crippen molar-refractivity contribution in [1.82, 2.24) is 20.3 Å². The van der Waals surface area contributed by atoms with E-state index in [1.807, 2.05) is 6.07 Å². The lowest BCUT2D eigenvalue weighted by Gasteiger charge is -2.13. The monoisotopic (exact) mass is 317 g/mol. The molecule has 0 atom stereocenters. The maximum Gasteiger partial charge on any atom is 0.178 e. The fourth-order valence-corrected chi connectivity index (χ4v) is 2.81. The summed E-state index contributed by atoms with van der Waals surface area (Å²) in [5, 5.41) is 3.30. The average molecular weight is 317 g/mol. The second-order valence-electron chi connectivity index (χ2n) is 6.12. The molecular formula is C19H19N5. The molecule has 0 radical (unpaired) electrons. The first-order valence-electron chi connectivity index (χ1n) is 8.10. The molecule has 0 saturated carbocycles. The largest absolute Gasteiger partial charge is 0.388 e. The van der Waals surface area contributed by atoms with Gasteiger partial charge in [-0.2, -0.15) is 0 Å². The van der Waals surface area contributed by atoms with Gasteiger partial charge in [-0.05, 0) is 26.0 Å². The number of allylic oxidation sites excluding steroid dienone is 2. The Hall–Kier alpha value is -2.95. The number of nitrogens with one attached hydrogen (secondary N) is 2. The van der Waals surface area contributed by atoms with Crippen LogP contribution < -0.4 is 5.32 Å². The van der Waals surface area contributed by atoms with E-state index in [-0.39, 0.29) is 0 Å². The Morgan fingerprint density at radius 3 is 2.75 bits per heavy atom. The van der Waals surface area contributed by atoms with Crippen LogP contribution in [0.15, 0.2) is 53.3 Å². The van der Waals surface area contributed by atoms with Crippen molar-refractivity contribution >= 4 is 22.6 Å². The Kier molecular flexibility index (Phi) is 3.61. The molecule has 1 aliphatic rings. The number of aromatic nitrogens is 3. The lowest BCUT2D eigenvalue weighted by molar-refractivity contribution is 0.802. The number of hydrogen-bond donors (Lipinski definition) is 2. The SMILES string of the molecule is CC1=CC(=Nc2cnc3nc(-c4ccc(C)cc4)[nH]c3c2)CCN1. The third-order valence-corrected chi connectivity index (χ3v) is 4.09. The van der Waals surface area contributed by atoms with Gasteiger partial charge in [-0.3, -0.25) is 4.99 Å². The smallest absolute Gasteiger partial charge is 0.178 e. The van der Waals surface area contributed by atoms with E-state index in [1.165, 1.54) is 5.56 Å². The van der Waals surface area contributed by atoms with Crippen LogP contribution in [0.25, 0.3) is 22.6 Å². The molecule has 120 valence electrons. The summed E-state index contributed by atoms with van der Waals surface area (Å²) in [5.41, 5.74) is 6.99. The molecule has 1 aromatic carbocycles. The Balaban J connectivity index is 1.70. The summed E-state index contributed by atoms with van der Waals surface area (Å²) < 4.78 is 0. The predicted molar refractivity (Wildman–Crippen MR) is 97.5 cm³/mol. The van der Waals surface area contributed by atoms with Crippen molar-refractivity contribution in [2.75, 3.05) is 6.54 Å². The van der Waals surface area contributed by atoms with Crippen molar-refractivity contribution in [3.05, 3.63) is 53.9 Å². The van der Waals surface area contributed by atoms with Crippen molar-refractivity contribution in [2.24, 2.45) is 4.99 Å². The van der Waals surface area contributed by atoms with Crippen molar-refractivity contribution in [3.63, 3.8) is 0 Å². The summed E-state index contributed by atoms with van der Waals surface area (Å²) in [6.45, 7) is 5.06. The van der Waals surface area contributed by atoms with Gasteiger partial charge in [0.2, 0.25) is 0 Å². The number of aliphatic imine (C=N–C) groups is 1. The molecule has 2 N–H and O–H groups in total. The molecule has 0 bridgehead atoms. The van der Waals surface area contributed by atoms with Crippen LogP contribution in [0.2, 0.25) is 0 Å². The minimum Gasteiger partial charge on any atom is -0.388 e. The van der Waals surface area contributed by atoms with Crippen LogP contribution in [-0.4, -0.2) is 27.2 Å². The minimum absolute atomic E-state index is 0.714. The molecule has 24 heavy (non-hydrogen) atoms. The van der Waals surface area contributed by atoms with E-state index in [9.17, 15) is 0 Å². The summed E-state index contributed by atoms with van der Waals surface area (Å²) in [4.78, 5) is 17.1. The first-order chi connectivity index (χ1) is 11.7. The minimum atomic E-state index is 0.714. The normalized spacial score (nSPS) is 16.2. The third-order valence-electron chi connectivity index (χ3n) is 4.09. The number of pyridine rings is 1. The molecule has 2 aromatic heterocycles. The molecule has 0 fully saturated rings. The van der Waals surface area contributed by atoms with Gasteiger partial charge in [-0.1, -0.05) is 29.8 Å². The highest BCUT2D eigenvalue weighted by Crippen LogP contribution is 2.23. The summed E-state index contributed by atoms with van der Waals surface area (Å²) in [6, 6.07) is 10.3. The summed E-state index contributed by atoms with van der Waals surface area (Å²) in [6.07, 6.45) is 4.78. The number of aryl methyl sites for hydroxylation is 1. The fraction of sp³-hybridized carbons (Fsp3) is 0.211. The first kappa shape index (κ1) is 14.6. The van der Waals surface area contributed by atoms with E-state index >= 15 is 0 Å². The molecule has 1 aliphatic heterocycles. The molecule has 0 spiro atoms. The number of hydrogen-bond acceptors (Lipinski definition) is 4. The summed E-state index contributed by atoms with van der Waals surface area (Å²) in [5.74, 6) is 0.833. The van der Waals surface area contributed by atoms with Gasteiger partial charge in [0.1, 0.15) is 5.82 Å². The highest BCUT2D eigenvalue weighted by atomic mass is 15.0.